The van der Waals surface area contributed by atoms with Crippen LogP contribution >= 0.6 is 0 Å². The molecule has 0 spiro atoms. The van der Waals surface area contributed by atoms with Crippen LogP contribution in [-0.4, -0.2) is 19.6 Å². The third-order valence-corrected chi connectivity index (χ3v) is 4.22. The summed E-state index contributed by atoms with van der Waals surface area (Å²) in [6.45, 7) is 3.27. The Bertz CT molecular complexity index is 164. The summed E-state index contributed by atoms with van der Waals surface area (Å²) in [7, 11) is 0. The summed E-state index contributed by atoms with van der Waals surface area (Å²) in [6.07, 6.45) is 8.71. The molecule has 1 aliphatic heterocycles. The summed E-state index contributed by atoms with van der Waals surface area (Å²) < 4.78 is 0. The van der Waals surface area contributed by atoms with Crippen LogP contribution < -0.4 is 11.1 Å². The van der Waals surface area contributed by atoms with Crippen molar-refractivity contribution in [2.24, 2.45) is 23.5 Å². The van der Waals surface area contributed by atoms with Crippen LogP contribution in [0.4, 0.5) is 0 Å². The Hall–Kier alpha value is -0.0800. The maximum Gasteiger partial charge on any atom is -0.000569 e. The van der Waals surface area contributed by atoms with Crippen molar-refractivity contribution in [3.05, 3.63) is 0 Å². The average Bonchev–Trinajstić information content (AvgIpc) is 2.30. The fraction of sp³-hybridized carbons (Fsp3) is 1.00. The fourth-order valence-electron chi connectivity index (χ4n) is 3.38. The largest absolute Gasteiger partial charge is 0.330 e. The molecule has 2 nitrogen and oxygen atoms in total. The van der Waals surface area contributed by atoms with Gasteiger partial charge in [-0.25, -0.2) is 0 Å². The van der Waals surface area contributed by atoms with Crippen LogP contribution in [0.25, 0.3) is 0 Å². The van der Waals surface area contributed by atoms with E-state index in [9.17, 15) is 0 Å². The first-order valence-electron chi connectivity index (χ1n) is 6.32. The lowest BCUT2D eigenvalue weighted by Crippen LogP contribution is -2.43. The fourth-order valence-corrected chi connectivity index (χ4v) is 3.38. The second-order valence-electron chi connectivity index (χ2n) is 5.05. The van der Waals surface area contributed by atoms with Gasteiger partial charge in [0.05, 0.1) is 0 Å². The van der Waals surface area contributed by atoms with Crippen molar-refractivity contribution in [2.75, 3.05) is 19.6 Å². The number of hydrogen-bond acceptors (Lipinski definition) is 2. The molecule has 2 heteroatoms. The lowest BCUT2D eigenvalue weighted by Gasteiger charge is -2.38. The number of piperidine rings is 1. The summed E-state index contributed by atoms with van der Waals surface area (Å²) in [6, 6.07) is 0. The highest BCUT2D eigenvalue weighted by Crippen LogP contribution is 2.36. The topological polar surface area (TPSA) is 38.0 Å². The SMILES string of the molecule is NCC1CNCCC1C1CCCCC1. The predicted octanol–water partition coefficient (Wildman–Crippen LogP) is 1.75. The zero-order valence-electron chi connectivity index (χ0n) is 9.17. The minimum Gasteiger partial charge on any atom is -0.330 e. The molecule has 0 aromatic rings. The van der Waals surface area contributed by atoms with Crippen LogP contribution in [0.2, 0.25) is 0 Å². The smallest absolute Gasteiger partial charge is 0.000569 e. The van der Waals surface area contributed by atoms with E-state index >= 15 is 0 Å². The molecule has 1 heterocycles. The molecule has 0 radical (unpaired) electrons. The molecule has 2 aliphatic rings. The highest BCUT2D eigenvalue weighted by Gasteiger charge is 2.31. The van der Waals surface area contributed by atoms with Crippen molar-refractivity contribution >= 4 is 0 Å². The van der Waals surface area contributed by atoms with Crippen LogP contribution in [0, 0.1) is 17.8 Å². The van der Waals surface area contributed by atoms with Gasteiger partial charge < -0.3 is 11.1 Å². The van der Waals surface area contributed by atoms with Crippen LogP contribution in [0.1, 0.15) is 38.5 Å². The van der Waals surface area contributed by atoms with Gasteiger partial charge in [0.25, 0.3) is 0 Å². The molecule has 2 atom stereocenters. The van der Waals surface area contributed by atoms with Gasteiger partial charge in [0, 0.05) is 0 Å². The first-order chi connectivity index (χ1) is 6.92. The summed E-state index contributed by atoms with van der Waals surface area (Å²) in [5.41, 5.74) is 5.86. The Morgan fingerprint density at radius 2 is 1.86 bits per heavy atom. The van der Waals surface area contributed by atoms with Gasteiger partial charge >= 0.3 is 0 Å². The standard InChI is InChI=1S/C12H24N2/c13-8-11-9-14-7-6-12(11)10-4-2-1-3-5-10/h10-12,14H,1-9,13H2. The molecule has 1 saturated carbocycles. The third-order valence-electron chi connectivity index (χ3n) is 4.22. The van der Waals surface area contributed by atoms with Crippen molar-refractivity contribution in [3.8, 4) is 0 Å². The number of nitrogens with one attached hydrogen (secondary N) is 1. The Balaban J connectivity index is 1.91. The molecule has 0 bridgehead atoms. The second kappa shape index (κ2) is 5.13. The van der Waals surface area contributed by atoms with Gasteiger partial charge in [0.15, 0.2) is 0 Å². The van der Waals surface area contributed by atoms with Crippen LogP contribution in [0.3, 0.4) is 0 Å². The molecule has 0 amide bonds. The summed E-state index contributed by atoms with van der Waals surface area (Å²) in [5.74, 6) is 2.69. The van der Waals surface area contributed by atoms with Crippen molar-refractivity contribution in [3.63, 3.8) is 0 Å². The van der Waals surface area contributed by atoms with Gasteiger partial charge in [-0.1, -0.05) is 32.1 Å². The highest BCUT2D eigenvalue weighted by atomic mass is 14.9. The van der Waals surface area contributed by atoms with Crippen LogP contribution in [-0.2, 0) is 0 Å². The predicted molar refractivity (Wildman–Crippen MR) is 60.1 cm³/mol. The van der Waals surface area contributed by atoms with E-state index in [2.05, 4.69) is 5.32 Å². The Morgan fingerprint density at radius 3 is 2.57 bits per heavy atom. The molecule has 0 aromatic heterocycles. The van der Waals surface area contributed by atoms with Crippen LogP contribution in [0.15, 0.2) is 0 Å². The van der Waals surface area contributed by atoms with Gasteiger partial charge in [-0.15, -0.1) is 0 Å². The first kappa shape index (κ1) is 10.4. The maximum absolute atomic E-state index is 5.86. The van der Waals surface area contributed by atoms with E-state index in [-0.39, 0.29) is 0 Å². The summed E-state index contributed by atoms with van der Waals surface area (Å²) in [5, 5.41) is 3.47. The van der Waals surface area contributed by atoms with E-state index in [1.54, 1.807) is 0 Å². The molecular weight excluding hydrogens is 172 g/mol. The van der Waals surface area contributed by atoms with E-state index in [1.807, 2.05) is 0 Å². The molecular formula is C12H24N2. The molecule has 14 heavy (non-hydrogen) atoms. The number of rotatable bonds is 2. The average molecular weight is 196 g/mol. The quantitative estimate of drug-likeness (QED) is 0.706. The molecule has 1 saturated heterocycles. The first-order valence-corrected chi connectivity index (χ1v) is 6.32. The summed E-state index contributed by atoms with van der Waals surface area (Å²) in [4.78, 5) is 0. The number of nitrogens with two attached hydrogens (primary N) is 1. The molecule has 82 valence electrons. The van der Waals surface area contributed by atoms with E-state index in [0.29, 0.717) is 0 Å². The zero-order chi connectivity index (χ0) is 9.80. The zero-order valence-corrected chi connectivity index (χ0v) is 9.17. The van der Waals surface area contributed by atoms with Crippen molar-refractivity contribution in [1.82, 2.24) is 5.32 Å². The second-order valence-corrected chi connectivity index (χ2v) is 5.05. The minimum absolute atomic E-state index is 0.756. The molecule has 0 aromatic carbocycles. The Morgan fingerprint density at radius 1 is 1.07 bits per heavy atom. The van der Waals surface area contributed by atoms with Gasteiger partial charge in [-0.05, 0) is 43.8 Å². The monoisotopic (exact) mass is 196 g/mol. The van der Waals surface area contributed by atoms with E-state index < -0.39 is 0 Å². The van der Waals surface area contributed by atoms with Crippen molar-refractivity contribution in [1.29, 1.82) is 0 Å². The lowest BCUT2D eigenvalue weighted by atomic mass is 9.71. The van der Waals surface area contributed by atoms with Crippen LogP contribution in [0.5, 0.6) is 0 Å². The molecule has 2 rings (SSSR count). The van der Waals surface area contributed by atoms with Gasteiger partial charge in [-0.2, -0.15) is 0 Å². The van der Waals surface area contributed by atoms with Gasteiger partial charge in [0.1, 0.15) is 0 Å². The van der Waals surface area contributed by atoms with Crippen molar-refractivity contribution in [2.45, 2.75) is 38.5 Å². The molecule has 2 fully saturated rings. The van der Waals surface area contributed by atoms with Crippen molar-refractivity contribution < 1.29 is 0 Å². The molecule has 1 aliphatic carbocycles. The normalized spacial score (nSPS) is 35.8. The highest BCUT2D eigenvalue weighted by molar-refractivity contribution is 4.84. The summed E-state index contributed by atoms with van der Waals surface area (Å²) >= 11 is 0. The Labute approximate surface area is 87.6 Å². The molecule has 2 unspecified atom stereocenters. The van der Waals surface area contributed by atoms with Gasteiger partial charge in [-0.3, -0.25) is 0 Å². The molecule has 3 N–H and O–H groups in total. The Kier molecular flexibility index (Phi) is 3.82. The van der Waals surface area contributed by atoms with E-state index in [0.717, 1.165) is 30.8 Å². The number of hydrogen-bond donors (Lipinski definition) is 2. The van der Waals surface area contributed by atoms with E-state index in [1.165, 1.54) is 45.1 Å². The lowest BCUT2D eigenvalue weighted by molar-refractivity contribution is 0.143. The third kappa shape index (κ3) is 2.29. The minimum atomic E-state index is 0.756. The van der Waals surface area contributed by atoms with Gasteiger partial charge in [0.2, 0.25) is 0 Å². The van der Waals surface area contributed by atoms with E-state index in [4.69, 9.17) is 5.73 Å². The maximum atomic E-state index is 5.86.